The van der Waals surface area contributed by atoms with Crippen molar-refractivity contribution < 1.29 is 4.79 Å². The molecule has 1 amide bonds. The lowest BCUT2D eigenvalue weighted by molar-refractivity contribution is -0.130. The maximum absolute atomic E-state index is 11.7. The summed E-state index contributed by atoms with van der Waals surface area (Å²) in [5, 5.41) is 0. The van der Waals surface area contributed by atoms with Gasteiger partial charge in [-0.2, -0.15) is 0 Å². The van der Waals surface area contributed by atoms with Crippen molar-refractivity contribution in [2.24, 2.45) is 11.7 Å². The molecule has 1 fully saturated rings. The van der Waals surface area contributed by atoms with Gasteiger partial charge in [0.05, 0.1) is 0 Å². The molecule has 4 heteroatoms. The quantitative estimate of drug-likeness (QED) is 0.829. The summed E-state index contributed by atoms with van der Waals surface area (Å²) in [4.78, 5) is 13.5. The third kappa shape index (κ3) is 5.71. The van der Waals surface area contributed by atoms with Crippen LogP contribution in [0.4, 0.5) is 0 Å². The number of carbonyl (C=O) groups is 1. The summed E-state index contributed by atoms with van der Waals surface area (Å²) in [6, 6.07) is -0.0219. The Kier molecular flexibility index (Phi) is 7.77. The molecule has 2 N–H and O–H groups in total. The second-order valence-electron chi connectivity index (χ2n) is 4.96. The van der Waals surface area contributed by atoms with Gasteiger partial charge in [-0.25, -0.2) is 0 Å². The van der Waals surface area contributed by atoms with Crippen molar-refractivity contribution in [2.45, 2.75) is 51.5 Å². The van der Waals surface area contributed by atoms with E-state index >= 15 is 0 Å². The average Bonchev–Trinajstić information content (AvgIpc) is 2.18. The van der Waals surface area contributed by atoms with Crippen LogP contribution in [0.2, 0.25) is 0 Å². The highest BCUT2D eigenvalue weighted by atomic mass is 35.5. The number of hydrogen-bond acceptors (Lipinski definition) is 2. The minimum Gasteiger partial charge on any atom is -0.345 e. The predicted molar refractivity (Wildman–Crippen MR) is 69.7 cm³/mol. The van der Waals surface area contributed by atoms with Gasteiger partial charge in [-0.05, 0) is 25.7 Å². The molecule has 1 unspecified atom stereocenters. The van der Waals surface area contributed by atoms with Crippen molar-refractivity contribution in [3.8, 4) is 0 Å². The Balaban J connectivity index is 0.00000225. The summed E-state index contributed by atoms with van der Waals surface area (Å²) in [6.07, 6.45) is 7.09. The van der Waals surface area contributed by atoms with Crippen LogP contribution in [-0.4, -0.2) is 30.4 Å². The summed E-state index contributed by atoms with van der Waals surface area (Å²) < 4.78 is 0. The van der Waals surface area contributed by atoms with Gasteiger partial charge in [-0.1, -0.05) is 19.3 Å². The fraction of sp³-hybridized carbons (Fsp3) is 0.917. The second-order valence-corrected chi connectivity index (χ2v) is 4.96. The highest BCUT2D eigenvalue weighted by Crippen LogP contribution is 2.24. The van der Waals surface area contributed by atoms with E-state index in [1.807, 2.05) is 18.9 Å². The molecule has 0 radical (unpaired) electrons. The highest BCUT2D eigenvalue weighted by Gasteiger charge is 2.18. The summed E-state index contributed by atoms with van der Waals surface area (Å²) in [5.74, 6) is 0.913. The lowest BCUT2D eigenvalue weighted by Crippen LogP contribution is -2.35. The van der Waals surface area contributed by atoms with E-state index in [9.17, 15) is 4.79 Å². The molecule has 0 aromatic rings. The first kappa shape index (κ1) is 15.7. The molecule has 0 aromatic heterocycles. The van der Waals surface area contributed by atoms with Crippen LogP contribution in [0.3, 0.4) is 0 Å². The summed E-state index contributed by atoms with van der Waals surface area (Å²) in [7, 11) is 1.90. The molecule has 1 aliphatic rings. The van der Waals surface area contributed by atoms with Gasteiger partial charge in [-0.3, -0.25) is 4.79 Å². The number of carbonyl (C=O) groups excluding carboxylic acids is 1. The van der Waals surface area contributed by atoms with Crippen LogP contribution in [0.25, 0.3) is 0 Å². The molecule has 1 saturated carbocycles. The van der Waals surface area contributed by atoms with Crippen LogP contribution < -0.4 is 5.73 Å². The zero-order valence-corrected chi connectivity index (χ0v) is 11.3. The molecule has 0 aromatic carbocycles. The number of amides is 1. The average molecular weight is 249 g/mol. The zero-order valence-electron chi connectivity index (χ0n) is 10.4. The topological polar surface area (TPSA) is 46.3 Å². The number of nitrogens with two attached hydrogens (primary N) is 1. The Hall–Kier alpha value is -0.280. The molecule has 96 valence electrons. The first-order chi connectivity index (χ1) is 7.09. The lowest BCUT2D eigenvalue weighted by Gasteiger charge is -2.27. The van der Waals surface area contributed by atoms with E-state index in [1.165, 1.54) is 32.1 Å². The maximum atomic E-state index is 11.7. The molecular weight excluding hydrogens is 224 g/mol. The summed E-state index contributed by atoms with van der Waals surface area (Å²) in [6.45, 7) is 2.80. The van der Waals surface area contributed by atoms with Crippen LogP contribution in [0, 0.1) is 5.92 Å². The first-order valence-electron chi connectivity index (χ1n) is 6.09. The zero-order chi connectivity index (χ0) is 11.3. The van der Waals surface area contributed by atoms with Gasteiger partial charge in [0.25, 0.3) is 0 Å². The van der Waals surface area contributed by atoms with Crippen LogP contribution in [0.1, 0.15) is 45.4 Å². The van der Waals surface area contributed by atoms with Crippen molar-refractivity contribution in [1.29, 1.82) is 0 Å². The van der Waals surface area contributed by atoms with Gasteiger partial charge >= 0.3 is 0 Å². The van der Waals surface area contributed by atoms with E-state index in [0.29, 0.717) is 6.42 Å². The maximum Gasteiger partial charge on any atom is 0.223 e. The van der Waals surface area contributed by atoms with E-state index in [-0.39, 0.29) is 24.4 Å². The smallest absolute Gasteiger partial charge is 0.223 e. The molecule has 0 saturated heterocycles. The third-order valence-electron chi connectivity index (χ3n) is 3.18. The Morgan fingerprint density at radius 2 is 1.94 bits per heavy atom. The van der Waals surface area contributed by atoms with Crippen molar-refractivity contribution in [1.82, 2.24) is 4.90 Å². The fourth-order valence-electron chi connectivity index (χ4n) is 2.29. The Morgan fingerprint density at radius 1 is 1.38 bits per heavy atom. The van der Waals surface area contributed by atoms with Crippen molar-refractivity contribution in [3.05, 3.63) is 0 Å². The van der Waals surface area contributed by atoms with Gasteiger partial charge in [0.15, 0.2) is 0 Å². The number of halogens is 1. The summed E-state index contributed by atoms with van der Waals surface area (Å²) in [5.41, 5.74) is 5.62. The predicted octanol–water partition coefficient (Wildman–Crippen LogP) is 2.18. The largest absolute Gasteiger partial charge is 0.345 e. The highest BCUT2D eigenvalue weighted by molar-refractivity contribution is 5.85. The van der Waals surface area contributed by atoms with Crippen LogP contribution >= 0.6 is 12.4 Å². The molecule has 1 rings (SSSR count). The second kappa shape index (κ2) is 7.91. The molecule has 1 atom stereocenters. The molecule has 3 nitrogen and oxygen atoms in total. The molecular formula is C12H25ClN2O. The number of rotatable bonds is 4. The van der Waals surface area contributed by atoms with Crippen molar-refractivity contribution >= 4 is 18.3 Å². The normalized spacial score (nSPS) is 18.7. The van der Waals surface area contributed by atoms with Gasteiger partial charge in [-0.15, -0.1) is 12.4 Å². The minimum atomic E-state index is -0.0219. The molecule has 0 bridgehead atoms. The third-order valence-corrected chi connectivity index (χ3v) is 3.18. The molecule has 0 heterocycles. The fourth-order valence-corrected chi connectivity index (χ4v) is 2.29. The van der Waals surface area contributed by atoms with Crippen LogP contribution in [0.15, 0.2) is 0 Å². The minimum absolute atomic E-state index is 0. The standard InChI is InChI=1S/C12H24N2O.ClH/c1-10(13)8-12(15)14(2)9-11-6-4-3-5-7-11;/h10-11H,3-9,13H2,1-2H3;1H. The van der Waals surface area contributed by atoms with Gasteiger partial charge < -0.3 is 10.6 Å². The van der Waals surface area contributed by atoms with Crippen molar-refractivity contribution in [3.63, 3.8) is 0 Å². The van der Waals surface area contributed by atoms with Crippen molar-refractivity contribution in [2.75, 3.05) is 13.6 Å². The van der Waals surface area contributed by atoms with E-state index in [2.05, 4.69) is 0 Å². The van der Waals surface area contributed by atoms with Gasteiger partial charge in [0.1, 0.15) is 0 Å². The molecule has 1 aliphatic carbocycles. The molecule has 0 spiro atoms. The summed E-state index contributed by atoms with van der Waals surface area (Å²) >= 11 is 0. The van der Waals surface area contributed by atoms with E-state index < -0.39 is 0 Å². The van der Waals surface area contributed by atoms with Gasteiger partial charge in [0, 0.05) is 26.1 Å². The van der Waals surface area contributed by atoms with E-state index in [0.717, 1.165) is 12.5 Å². The van der Waals surface area contributed by atoms with E-state index in [4.69, 9.17) is 5.73 Å². The van der Waals surface area contributed by atoms with Gasteiger partial charge in [0.2, 0.25) is 5.91 Å². The number of hydrogen-bond donors (Lipinski definition) is 1. The number of nitrogens with zero attached hydrogens (tertiary/aromatic N) is 1. The van der Waals surface area contributed by atoms with E-state index in [1.54, 1.807) is 0 Å². The van der Waals surface area contributed by atoms with Crippen LogP contribution in [-0.2, 0) is 4.79 Å². The van der Waals surface area contributed by atoms with Crippen LogP contribution in [0.5, 0.6) is 0 Å². The Morgan fingerprint density at radius 3 is 2.44 bits per heavy atom. The first-order valence-corrected chi connectivity index (χ1v) is 6.09. The Bertz CT molecular complexity index is 203. The molecule has 0 aliphatic heterocycles. The lowest BCUT2D eigenvalue weighted by atomic mass is 9.89. The SMILES string of the molecule is CC(N)CC(=O)N(C)CC1CCCCC1.Cl. The monoisotopic (exact) mass is 248 g/mol. The Labute approximate surface area is 105 Å². The molecule has 16 heavy (non-hydrogen) atoms.